The SMILES string of the molecule is Cc1cc(C(=O)O)ccc1CCS(=O)(=O)N1CCC2(CC1)N=C([C@H]1CC[C@H](CC=C(F)F)CC1)NC2=O. The fraction of sp³-hybridized carbons (Fsp3) is 0.577. The topological polar surface area (TPSA) is 116 Å². The van der Waals surface area contributed by atoms with Crippen molar-refractivity contribution in [2.45, 2.75) is 63.8 Å². The van der Waals surface area contributed by atoms with E-state index in [0.717, 1.165) is 42.9 Å². The monoisotopic (exact) mass is 537 g/mol. The number of hydrogen-bond donors (Lipinski definition) is 2. The summed E-state index contributed by atoms with van der Waals surface area (Å²) in [6.07, 6.45) is 3.78. The minimum atomic E-state index is -3.56. The minimum absolute atomic E-state index is 0.0938. The molecule has 1 saturated heterocycles. The normalized spacial score (nSPS) is 24.0. The molecule has 11 heteroatoms. The number of rotatable bonds is 8. The van der Waals surface area contributed by atoms with Gasteiger partial charge in [-0.3, -0.25) is 9.79 Å². The molecule has 0 bridgehead atoms. The van der Waals surface area contributed by atoms with Gasteiger partial charge in [0.25, 0.3) is 12.0 Å². The maximum atomic E-state index is 13.0. The predicted octanol–water partition coefficient (Wildman–Crippen LogP) is 3.91. The number of allylic oxidation sites excluding steroid dienone is 1. The molecule has 2 heterocycles. The first-order chi connectivity index (χ1) is 17.5. The average Bonchev–Trinajstić information content (AvgIpc) is 3.17. The highest BCUT2D eigenvalue weighted by Gasteiger charge is 2.48. The van der Waals surface area contributed by atoms with Crippen LogP contribution in [0.25, 0.3) is 0 Å². The van der Waals surface area contributed by atoms with E-state index in [1.54, 1.807) is 13.0 Å². The number of aryl methyl sites for hydroxylation is 2. The average molecular weight is 538 g/mol. The zero-order chi connectivity index (χ0) is 26.8. The van der Waals surface area contributed by atoms with E-state index in [-0.39, 0.29) is 48.6 Å². The number of hydrogen-bond acceptors (Lipinski definition) is 5. The standard InChI is InChI=1S/C26H33F2N3O5S/c1-17-16-21(24(32)33)8-7-19(17)10-15-37(35,36)31-13-11-26(12-14-31)25(34)29-23(30-26)20-5-2-18(3-6-20)4-9-22(27)28/h7-9,16,18,20H,2-6,10-15H2,1H3,(H,32,33)(H,29,30,34)/t18-,20-. The number of carbonyl (C=O) groups is 2. The van der Waals surface area contributed by atoms with Crippen LogP contribution in [0, 0.1) is 18.8 Å². The number of nitrogens with zero attached hydrogens (tertiary/aromatic N) is 2. The summed E-state index contributed by atoms with van der Waals surface area (Å²) in [5, 5.41) is 12.0. The number of nitrogens with one attached hydrogen (secondary N) is 1. The van der Waals surface area contributed by atoms with Crippen LogP contribution in [0.3, 0.4) is 0 Å². The summed E-state index contributed by atoms with van der Waals surface area (Å²) in [4.78, 5) is 28.8. The van der Waals surface area contributed by atoms with Gasteiger partial charge in [-0.05, 0) is 93.5 Å². The minimum Gasteiger partial charge on any atom is -0.478 e. The number of amidine groups is 1. The van der Waals surface area contributed by atoms with Crippen LogP contribution in [-0.2, 0) is 21.2 Å². The van der Waals surface area contributed by atoms with Crippen molar-refractivity contribution < 1.29 is 31.9 Å². The summed E-state index contributed by atoms with van der Waals surface area (Å²) in [5.74, 6) is -0.334. The van der Waals surface area contributed by atoms with E-state index < -0.39 is 27.6 Å². The Labute approximate surface area is 215 Å². The van der Waals surface area contributed by atoms with Gasteiger partial charge in [-0.1, -0.05) is 6.07 Å². The third-order valence-corrected chi connectivity index (χ3v) is 9.87. The van der Waals surface area contributed by atoms with Crippen LogP contribution in [-0.4, -0.2) is 59.9 Å². The zero-order valence-corrected chi connectivity index (χ0v) is 21.7. The Morgan fingerprint density at radius 1 is 1.22 bits per heavy atom. The van der Waals surface area contributed by atoms with Gasteiger partial charge >= 0.3 is 5.97 Å². The summed E-state index contributed by atoms with van der Waals surface area (Å²) >= 11 is 0. The fourth-order valence-electron chi connectivity index (χ4n) is 5.61. The molecule has 0 aromatic heterocycles. The van der Waals surface area contributed by atoms with Crippen molar-refractivity contribution in [2.75, 3.05) is 18.8 Å². The van der Waals surface area contributed by atoms with Crippen molar-refractivity contribution in [3.63, 3.8) is 0 Å². The molecule has 8 nitrogen and oxygen atoms in total. The Morgan fingerprint density at radius 2 is 1.89 bits per heavy atom. The first kappa shape index (κ1) is 27.4. The predicted molar refractivity (Wildman–Crippen MR) is 135 cm³/mol. The summed E-state index contributed by atoms with van der Waals surface area (Å²) in [7, 11) is -3.56. The van der Waals surface area contributed by atoms with E-state index >= 15 is 0 Å². The van der Waals surface area contributed by atoms with Crippen LogP contribution in [0.1, 0.15) is 66.4 Å². The molecule has 0 atom stereocenters. The van der Waals surface area contributed by atoms with Gasteiger partial charge in [-0.2, -0.15) is 8.78 Å². The number of carbonyl (C=O) groups excluding carboxylic acids is 1. The Hall–Kier alpha value is -2.66. The van der Waals surface area contributed by atoms with Crippen LogP contribution in [0.2, 0.25) is 0 Å². The lowest BCUT2D eigenvalue weighted by Gasteiger charge is -2.34. The Balaban J connectivity index is 1.32. The summed E-state index contributed by atoms with van der Waals surface area (Å²) < 4.78 is 52.2. The van der Waals surface area contributed by atoms with Crippen LogP contribution in [0.5, 0.6) is 0 Å². The summed E-state index contributed by atoms with van der Waals surface area (Å²) in [6, 6.07) is 4.67. The molecule has 1 aromatic carbocycles. The molecular formula is C26H33F2N3O5S. The number of amides is 1. The second-order valence-corrected chi connectivity index (χ2v) is 12.4. The quantitative estimate of drug-likeness (QED) is 0.522. The lowest BCUT2D eigenvalue weighted by molar-refractivity contribution is -0.125. The summed E-state index contributed by atoms with van der Waals surface area (Å²) in [5.41, 5.74) is 0.739. The Morgan fingerprint density at radius 3 is 2.49 bits per heavy atom. The van der Waals surface area contributed by atoms with E-state index in [2.05, 4.69) is 5.32 Å². The van der Waals surface area contributed by atoms with Gasteiger partial charge in [0.05, 0.1) is 11.3 Å². The van der Waals surface area contributed by atoms with Crippen LogP contribution < -0.4 is 5.32 Å². The number of carboxylic acid groups (broad SMARTS) is 1. The van der Waals surface area contributed by atoms with Gasteiger partial charge in [0, 0.05) is 19.0 Å². The molecule has 202 valence electrons. The maximum Gasteiger partial charge on any atom is 0.335 e. The molecule has 2 aliphatic heterocycles. The third-order valence-electron chi connectivity index (χ3n) is 8.00. The molecule has 1 spiro atoms. The van der Waals surface area contributed by atoms with Crippen LogP contribution in [0.15, 0.2) is 35.3 Å². The molecule has 0 unspecified atom stereocenters. The molecule has 2 fully saturated rings. The van der Waals surface area contributed by atoms with Crippen LogP contribution >= 0.6 is 0 Å². The molecule has 1 aliphatic carbocycles. The van der Waals surface area contributed by atoms with Gasteiger partial charge < -0.3 is 10.4 Å². The molecule has 1 amide bonds. The van der Waals surface area contributed by atoms with Gasteiger partial charge in [0.2, 0.25) is 10.0 Å². The van der Waals surface area contributed by atoms with Crippen molar-refractivity contribution >= 4 is 27.7 Å². The van der Waals surface area contributed by atoms with Gasteiger partial charge in [-0.25, -0.2) is 17.5 Å². The largest absolute Gasteiger partial charge is 0.478 e. The van der Waals surface area contributed by atoms with Crippen molar-refractivity contribution in [1.29, 1.82) is 0 Å². The lowest BCUT2D eigenvalue weighted by Crippen LogP contribution is -2.51. The number of benzene rings is 1. The van der Waals surface area contributed by atoms with E-state index in [1.165, 1.54) is 16.4 Å². The van der Waals surface area contributed by atoms with E-state index in [1.807, 2.05) is 0 Å². The highest BCUT2D eigenvalue weighted by Crippen LogP contribution is 2.37. The molecular weight excluding hydrogens is 504 g/mol. The van der Waals surface area contributed by atoms with Crippen LogP contribution in [0.4, 0.5) is 8.78 Å². The van der Waals surface area contributed by atoms with Gasteiger partial charge in [0.1, 0.15) is 11.4 Å². The first-order valence-electron chi connectivity index (χ1n) is 12.7. The number of aliphatic imine (C=N–C) groups is 1. The smallest absolute Gasteiger partial charge is 0.335 e. The lowest BCUT2D eigenvalue weighted by atomic mass is 9.80. The zero-order valence-electron chi connectivity index (χ0n) is 20.9. The fourth-order valence-corrected chi connectivity index (χ4v) is 7.09. The number of piperidine rings is 1. The molecule has 3 aliphatic rings. The van der Waals surface area contributed by atoms with Crippen molar-refractivity contribution in [2.24, 2.45) is 16.8 Å². The van der Waals surface area contributed by atoms with Crippen molar-refractivity contribution in [3.8, 4) is 0 Å². The van der Waals surface area contributed by atoms with Crippen molar-refractivity contribution in [3.05, 3.63) is 47.0 Å². The number of aromatic carboxylic acids is 1. The molecule has 2 N–H and O–H groups in total. The number of halogens is 2. The second kappa shape index (κ2) is 11.0. The highest BCUT2D eigenvalue weighted by molar-refractivity contribution is 7.89. The highest BCUT2D eigenvalue weighted by atomic mass is 32.2. The molecule has 4 rings (SSSR count). The number of sulfonamides is 1. The molecule has 0 radical (unpaired) electrons. The Bertz CT molecular complexity index is 1210. The Kier molecular flexibility index (Phi) is 8.13. The van der Waals surface area contributed by atoms with Crippen molar-refractivity contribution in [1.82, 2.24) is 9.62 Å². The van der Waals surface area contributed by atoms with Gasteiger partial charge in [0.15, 0.2) is 0 Å². The third kappa shape index (κ3) is 6.26. The maximum absolute atomic E-state index is 13.0. The van der Waals surface area contributed by atoms with E-state index in [0.29, 0.717) is 25.1 Å². The van der Waals surface area contributed by atoms with E-state index in [9.17, 15) is 26.8 Å². The number of carboxylic acids is 1. The molecule has 1 saturated carbocycles. The first-order valence-corrected chi connectivity index (χ1v) is 14.3. The van der Waals surface area contributed by atoms with E-state index in [4.69, 9.17) is 10.1 Å². The summed E-state index contributed by atoms with van der Waals surface area (Å²) in [6.45, 7) is 2.18. The molecule has 1 aromatic rings. The second-order valence-electron chi connectivity index (χ2n) is 10.3. The molecule has 37 heavy (non-hydrogen) atoms. The van der Waals surface area contributed by atoms with Gasteiger partial charge in [-0.15, -0.1) is 0 Å².